The summed E-state index contributed by atoms with van der Waals surface area (Å²) in [6.07, 6.45) is 3.82. The summed E-state index contributed by atoms with van der Waals surface area (Å²) in [7, 11) is 4.11. The molecule has 1 amide bonds. The average molecular weight is 366 g/mol. The van der Waals surface area contributed by atoms with E-state index in [9.17, 15) is 4.79 Å². The molecule has 1 unspecified atom stereocenters. The molecule has 4 nitrogen and oxygen atoms in total. The quantitative estimate of drug-likeness (QED) is 0.776. The Labute approximate surface area is 163 Å². The molecular formula is C23H31N3O. The molecule has 2 aromatic rings. The van der Waals surface area contributed by atoms with E-state index in [1.54, 1.807) is 0 Å². The van der Waals surface area contributed by atoms with Crippen LogP contribution in [0.1, 0.15) is 36.4 Å². The van der Waals surface area contributed by atoms with E-state index in [1.807, 2.05) is 18.2 Å². The molecule has 1 atom stereocenters. The molecule has 1 N–H and O–H groups in total. The topological polar surface area (TPSA) is 35.6 Å². The van der Waals surface area contributed by atoms with Crippen LogP contribution in [0, 0.1) is 0 Å². The SMILES string of the molecule is CN(C)c1ccc(C(CNC(=O)CCc2ccccc2)N2CCCC2)cc1. The lowest BCUT2D eigenvalue weighted by Gasteiger charge is -2.28. The van der Waals surface area contributed by atoms with Crippen LogP contribution in [0.3, 0.4) is 0 Å². The van der Waals surface area contributed by atoms with Gasteiger partial charge in [0.15, 0.2) is 0 Å². The molecule has 0 aromatic heterocycles. The minimum absolute atomic E-state index is 0.132. The number of aryl methyl sites for hydroxylation is 1. The number of carbonyl (C=O) groups is 1. The zero-order valence-electron chi connectivity index (χ0n) is 16.5. The summed E-state index contributed by atoms with van der Waals surface area (Å²) in [5.74, 6) is 0.132. The molecule has 4 heteroatoms. The van der Waals surface area contributed by atoms with Crippen LogP contribution in [-0.4, -0.2) is 44.5 Å². The van der Waals surface area contributed by atoms with E-state index in [0.29, 0.717) is 13.0 Å². The highest BCUT2D eigenvalue weighted by molar-refractivity contribution is 5.76. The summed E-state index contributed by atoms with van der Waals surface area (Å²) in [6, 6.07) is 19.2. The number of hydrogen-bond acceptors (Lipinski definition) is 3. The highest BCUT2D eigenvalue weighted by Gasteiger charge is 2.24. The number of hydrogen-bond donors (Lipinski definition) is 1. The van der Waals surface area contributed by atoms with Crippen molar-refractivity contribution in [3.8, 4) is 0 Å². The van der Waals surface area contributed by atoms with E-state index < -0.39 is 0 Å². The summed E-state index contributed by atoms with van der Waals surface area (Å²) in [5, 5.41) is 3.17. The van der Waals surface area contributed by atoms with Gasteiger partial charge in [-0.05, 0) is 55.6 Å². The molecule has 1 saturated heterocycles. The second kappa shape index (κ2) is 9.56. The number of benzene rings is 2. The minimum Gasteiger partial charge on any atom is -0.378 e. The standard InChI is InChI=1S/C23H31N3O/c1-25(2)21-13-11-20(12-14-21)22(26-16-6-7-17-26)18-24-23(27)15-10-19-8-4-3-5-9-19/h3-5,8-9,11-14,22H,6-7,10,15-18H2,1-2H3,(H,24,27). The number of nitrogens with one attached hydrogen (secondary N) is 1. The van der Waals surface area contributed by atoms with Gasteiger partial charge in [0, 0.05) is 32.7 Å². The molecule has 0 aliphatic carbocycles. The summed E-state index contributed by atoms with van der Waals surface area (Å²) >= 11 is 0. The molecule has 144 valence electrons. The zero-order valence-corrected chi connectivity index (χ0v) is 16.5. The minimum atomic E-state index is 0.132. The van der Waals surface area contributed by atoms with E-state index in [-0.39, 0.29) is 11.9 Å². The lowest BCUT2D eigenvalue weighted by Crippen LogP contribution is -2.36. The van der Waals surface area contributed by atoms with Gasteiger partial charge < -0.3 is 10.2 Å². The number of amides is 1. The van der Waals surface area contributed by atoms with Crippen molar-refractivity contribution in [1.82, 2.24) is 10.2 Å². The number of carbonyl (C=O) groups excluding carboxylic acids is 1. The highest BCUT2D eigenvalue weighted by Crippen LogP contribution is 2.26. The lowest BCUT2D eigenvalue weighted by molar-refractivity contribution is -0.121. The maximum atomic E-state index is 12.4. The van der Waals surface area contributed by atoms with Gasteiger partial charge in [-0.2, -0.15) is 0 Å². The van der Waals surface area contributed by atoms with Gasteiger partial charge in [0.25, 0.3) is 0 Å². The van der Waals surface area contributed by atoms with Gasteiger partial charge in [-0.3, -0.25) is 9.69 Å². The van der Waals surface area contributed by atoms with Crippen LogP contribution in [0.2, 0.25) is 0 Å². The number of nitrogens with zero attached hydrogens (tertiary/aromatic N) is 2. The van der Waals surface area contributed by atoms with Gasteiger partial charge >= 0.3 is 0 Å². The van der Waals surface area contributed by atoms with Crippen LogP contribution >= 0.6 is 0 Å². The first-order chi connectivity index (χ1) is 13.1. The molecule has 27 heavy (non-hydrogen) atoms. The molecule has 0 radical (unpaired) electrons. The molecular weight excluding hydrogens is 334 g/mol. The first-order valence-electron chi connectivity index (χ1n) is 9.95. The van der Waals surface area contributed by atoms with Gasteiger partial charge in [0.05, 0.1) is 6.04 Å². The van der Waals surface area contributed by atoms with Crippen LogP contribution in [0.25, 0.3) is 0 Å². The predicted molar refractivity (Wildman–Crippen MR) is 112 cm³/mol. The van der Waals surface area contributed by atoms with Gasteiger partial charge in [0.1, 0.15) is 0 Å². The third kappa shape index (κ3) is 5.57. The molecule has 0 bridgehead atoms. The average Bonchev–Trinajstić information content (AvgIpc) is 3.22. The van der Waals surface area contributed by atoms with Crippen molar-refractivity contribution in [2.24, 2.45) is 0 Å². The largest absolute Gasteiger partial charge is 0.378 e. The Kier molecular flexibility index (Phi) is 6.88. The Hall–Kier alpha value is -2.33. The first kappa shape index (κ1) is 19.4. The smallest absolute Gasteiger partial charge is 0.220 e. The normalized spacial score (nSPS) is 15.5. The fourth-order valence-corrected chi connectivity index (χ4v) is 3.71. The van der Waals surface area contributed by atoms with E-state index in [1.165, 1.54) is 29.7 Å². The van der Waals surface area contributed by atoms with E-state index >= 15 is 0 Å². The Bertz CT molecular complexity index is 706. The molecule has 3 rings (SSSR count). The summed E-state index contributed by atoms with van der Waals surface area (Å²) < 4.78 is 0. The third-order valence-corrected chi connectivity index (χ3v) is 5.35. The fourth-order valence-electron chi connectivity index (χ4n) is 3.71. The van der Waals surface area contributed by atoms with Crippen LogP contribution in [0.15, 0.2) is 54.6 Å². The summed E-state index contributed by atoms with van der Waals surface area (Å²) in [6.45, 7) is 2.90. The Balaban J connectivity index is 1.59. The van der Waals surface area contributed by atoms with Gasteiger partial charge in [-0.25, -0.2) is 0 Å². The van der Waals surface area contributed by atoms with Crippen molar-refractivity contribution >= 4 is 11.6 Å². The van der Waals surface area contributed by atoms with Gasteiger partial charge in [0.2, 0.25) is 5.91 Å². The van der Waals surface area contributed by atoms with Crippen LogP contribution in [0.5, 0.6) is 0 Å². The number of rotatable bonds is 8. The Morgan fingerprint density at radius 2 is 1.70 bits per heavy atom. The molecule has 0 spiro atoms. The highest BCUT2D eigenvalue weighted by atomic mass is 16.1. The van der Waals surface area contributed by atoms with Crippen molar-refractivity contribution in [1.29, 1.82) is 0 Å². The second-order valence-electron chi connectivity index (χ2n) is 7.53. The van der Waals surface area contributed by atoms with Crippen molar-refractivity contribution in [3.05, 3.63) is 65.7 Å². The second-order valence-corrected chi connectivity index (χ2v) is 7.53. The van der Waals surface area contributed by atoms with E-state index in [4.69, 9.17) is 0 Å². The third-order valence-electron chi connectivity index (χ3n) is 5.35. The summed E-state index contributed by atoms with van der Waals surface area (Å²) in [4.78, 5) is 17.0. The van der Waals surface area contributed by atoms with E-state index in [2.05, 4.69) is 65.6 Å². The van der Waals surface area contributed by atoms with Crippen molar-refractivity contribution < 1.29 is 4.79 Å². The maximum Gasteiger partial charge on any atom is 0.220 e. The van der Waals surface area contributed by atoms with Crippen molar-refractivity contribution in [2.75, 3.05) is 38.6 Å². The predicted octanol–water partition coefficient (Wildman–Crippen LogP) is 3.64. The molecule has 1 aliphatic rings. The molecule has 1 fully saturated rings. The molecule has 1 aliphatic heterocycles. The summed E-state index contributed by atoms with van der Waals surface area (Å²) in [5.41, 5.74) is 3.69. The Morgan fingerprint density at radius 1 is 1.04 bits per heavy atom. The molecule has 1 heterocycles. The Morgan fingerprint density at radius 3 is 2.33 bits per heavy atom. The van der Waals surface area contributed by atoms with Gasteiger partial charge in [-0.15, -0.1) is 0 Å². The molecule has 2 aromatic carbocycles. The van der Waals surface area contributed by atoms with Gasteiger partial charge in [-0.1, -0.05) is 42.5 Å². The number of likely N-dealkylation sites (tertiary alicyclic amines) is 1. The van der Waals surface area contributed by atoms with Crippen molar-refractivity contribution in [3.63, 3.8) is 0 Å². The van der Waals surface area contributed by atoms with E-state index in [0.717, 1.165) is 19.5 Å². The fraction of sp³-hybridized carbons (Fsp3) is 0.435. The zero-order chi connectivity index (χ0) is 19.1. The molecule has 0 saturated carbocycles. The number of anilines is 1. The lowest BCUT2D eigenvalue weighted by atomic mass is 10.0. The first-order valence-corrected chi connectivity index (χ1v) is 9.95. The van der Waals surface area contributed by atoms with Crippen LogP contribution < -0.4 is 10.2 Å². The van der Waals surface area contributed by atoms with Crippen LogP contribution in [-0.2, 0) is 11.2 Å². The maximum absolute atomic E-state index is 12.4. The van der Waals surface area contributed by atoms with Crippen molar-refractivity contribution in [2.45, 2.75) is 31.7 Å². The van der Waals surface area contributed by atoms with Crippen LogP contribution in [0.4, 0.5) is 5.69 Å². The monoisotopic (exact) mass is 365 g/mol.